The van der Waals surface area contributed by atoms with E-state index in [2.05, 4.69) is 26.2 Å². The van der Waals surface area contributed by atoms with Gasteiger partial charge in [0.15, 0.2) is 8.32 Å². The molecule has 0 saturated heterocycles. The molecule has 0 spiro atoms. The number of hydrogen-bond acceptors (Lipinski definition) is 2. The van der Waals surface area contributed by atoms with E-state index in [0.29, 0.717) is 6.61 Å². The molecule has 1 unspecified atom stereocenters. The first-order valence-corrected chi connectivity index (χ1v) is 9.35. The average molecular weight is 250 g/mol. The second-order valence-corrected chi connectivity index (χ2v) is 9.61. The Hall–Kier alpha value is -1.06. The fourth-order valence-corrected chi connectivity index (χ4v) is 2.11. The van der Waals surface area contributed by atoms with Gasteiger partial charge in [-0.05, 0) is 32.6 Å². The fraction of sp³-hybridized carbons (Fsp3) is 0.429. The van der Waals surface area contributed by atoms with E-state index < -0.39 is 8.32 Å². The molecule has 94 valence electrons. The molecule has 0 saturated carbocycles. The highest BCUT2D eigenvalue weighted by Crippen LogP contribution is 2.20. The molecule has 0 aliphatic carbocycles. The predicted octanol–water partition coefficient (Wildman–Crippen LogP) is 3.95. The summed E-state index contributed by atoms with van der Waals surface area (Å²) in [5.41, 5.74) is 1.02. The van der Waals surface area contributed by atoms with Gasteiger partial charge in [-0.15, -0.1) is 0 Å². The van der Waals surface area contributed by atoms with Crippen molar-refractivity contribution in [1.82, 2.24) is 0 Å². The molecule has 0 bridgehead atoms. The molecule has 0 aliphatic rings. The average Bonchev–Trinajstić information content (AvgIpc) is 2.26. The van der Waals surface area contributed by atoms with Crippen molar-refractivity contribution in [2.75, 3.05) is 6.61 Å². The Bertz CT molecular complexity index is 369. The summed E-state index contributed by atoms with van der Waals surface area (Å²) in [5.74, 6) is 0.870. The molecule has 0 N–H and O–H groups in total. The molecule has 0 radical (unpaired) electrons. The first kappa shape index (κ1) is 14.0. The minimum absolute atomic E-state index is 0.0582. The van der Waals surface area contributed by atoms with Crippen molar-refractivity contribution in [3.63, 3.8) is 0 Å². The molecule has 0 aliphatic heterocycles. The van der Waals surface area contributed by atoms with Gasteiger partial charge in [0.05, 0.1) is 6.61 Å². The van der Waals surface area contributed by atoms with Crippen molar-refractivity contribution >= 4 is 14.4 Å². The summed E-state index contributed by atoms with van der Waals surface area (Å²) in [6.45, 7) is 13.0. The first-order valence-electron chi connectivity index (χ1n) is 5.94. The largest absolute Gasteiger partial charge is 0.488 e. The topological polar surface area (TPSA) is 18.5 Å². The van der Waals surface area contributed by atoms with Gasteiger partial charge >= 0.3 is 0 Å². The van der Waals surface area contributed by atoms with Crippen LogP contribution in [0.4, 0.5) is 0 Å². The highest BCUT2D eigenvalue weighted by atomic mass is 28.4. The van der Waals surface area contributed by atoms with Gasteiger partial charge in [-0.25, -0.2) is 0 Å². The molecule has 2 nitrogen and oxygen atoms in total. The van der Waals surface area contributed by atoms with Crippen LogP contribution in [0.5, 0.6) is 5.75 Å². The van der Waals surface area contributed by atoms with E-state index in [0.717, 1.165) is 11.3 Å². The number of ether oxygens (including phenoxy) is 1. The van der Waals surface area contributed by atoms with Crippen molar-refractivity contribution in [2.45, 2.75) is 32.7 Å². The Morgan fingerprint density at radius 1 is 1.29 bits per heavy atom. The van der Waals surface area contributed by atoms with Gasteiger partial charge in [0, 0.05) is 5.56 Å². The normalized spacial score (nSPS) is 13.2. The fourth-order valence-electron chi connectivity index (χ4n) is 1.37. The number of benzene rings is 1. The van der Waals surface area contributed by atoms with Crippen molar-refractivity contribution in [3.8, 4) is 5.75 Å². The van der Waals surface area contributed by atoms with E-state index in [1.165, 1.54) is 0 Å². The number of hydrogen-bond donors (Lipinski definition) is 0. The van der Waals surface area contributed by atoms with Gasteiger partial charge in [0.25, 0.3) is 0 Å². The maximum absolute atomic E-state index is 5.86. The van der Waals surface area contributed by atoms with Crippen LogP contribution in [0.25, 0.3) is 6.08 Å². The molecular formula is C14H22O2Si. The SMILES string of the molecule is C=Cc1ccccc1OC(C)CO[Si](C)(C)C. The third-order valence-corrected chi connectivity index (χ3v) is 3.25. The predicted molar refractivity (Wildman–Crippen MR) is 75.9 cm³/mol. The molecule has 0 heterocycles. The molecule has 3 heteroatoms. The molecule has 1 atom stereocenters. The molecular weight excluding hydrogens is 228 g/mol. The summed E-state index contributed by atoms with van der Waals surface area (Å²) in [6, 6.07) is 7.90. The van der Waals surface area contributed by atoms with E-state index in [1.807, 2.05) is 31.2 Å². The van der Waals surface area contributed by atoms with Gasteiger partial charge in [0.1, 0.15) is 11.9 Å². The van der Waals surface area contributed by atoms with Crippen molar-refractivity contribution in [2.24, 2.45) is 0 Å². The van der Waals surface area contributed by atoms with E-state index in [4.69, 9.17) is 9.16 Å². The summed E-state index contributed by atoms with van der Waals surface area (Å²) < 4.78 is 11.7. The van der Waals surface area contributed by atoms with Crippen LogP contribution < -0.4 is 4.74 Å². The smallest absolute Gasteiger partial charge is 0.183 e. The van der Waals surface area contributed by atoms with Crippen LogP contribution in [0, 0.1) is 0 Å². The summed E-state index contributed by atoms with van der Waals surface area (Å²) in [7, 11) is -1.46. The minimum atomic E-state index is -1.46. The van der Waals surface area contributed by atoms with Crippen LogP contribution >= 0.6 is 0 Å². The lowest BCUT2D eigenvalue weighted by Crippen LogP contribution is -2.31. The van der Waals surface area contributed by atoms with Crippen molar-refractivity contribution in [3.05, 3.63) is 36.4 Å². The molecule has 1 aromatic rings. The van der Waals surface area contributed by atoms with Crippen LogP contribution in [0.1, 0.15) is 12.5 Å². The lowest BCUT2D eigenvalue weighted by molar-refractivity contribution is 0.139. The standard InChI is InChI=1S/C14H22O2Si/c1-6-13-9-7-8-10-14(13)16-12(2)11-15-17(3,4)5/h6-10,12H,1,11H2,2-5H3. The van der Waals surface area contributed by atoms with Gasteiger partial charge in [0.2, 0.25) is 0 Å². The maximum atomic E-state index is 5.86. The minimum Gasteiger partial charge on any atom is -0.488 e. The van der Waals surface area contributed by atoms with Crippen molar-refractivity contribution in [1.29, 1.82) is 0 Å². The van der Waals surface area contributed by atoms with Gasteiger partial charge in [-0.3, -0.25) is 0 Å². The summed E-state index contributed by atoms with van der Waals surface area (Å²) in [5, 5.41) is 0. The third-order valence-electron chi connectivity index (χ3n) is 2.22. The lowest BCUT2D eigenvalue weighted by Gasteiger charge is -2.22. The second-order valence-electron chi connectivity index (χ2n) is 5.09. The van der Waals surface area contributed by atoms with E-state index >= 15 is 0 Å². The quantitative estimate of drug-likeness (QED) is 0.712. The van der Waals surface area contributed by atoms with Crippen LogP contribution in [0.2, 0.25) is 19.6 Å². The van der Waals surface area contributed by atoms with Crippen molar-refractivity contribution < 1.29 is 9.16 Å². The molecule has 0 fully saturated rings. The molecule has 0 aromatic heterocycles. The van der Waals surface area contributed by atoms with Gasteiger partial charge in [-0.1, -0.05) is 30.9 Å². The molecule has 0 amide bonds. The Kier molecular flexibility index (Phi) is 4.96. The zero-order valence-corrected chi connectivity index (χ0v) is 12.2. The Balaban J connectivity index is 2.56. The van der Waals surface area contributed by atoms with E-state index in [9.17, 15) is 0 Å². The van der Waals surface area contributed by atoms with Crippen LogP contribution in [0.15, 0.2) is 30.8 Å². The van der Waals surface area contributed by atoms with Gasteiger partial charge < -0.3 is 9.16 Å². The Morgan fingerprint density at radius 3 is 2.53 bits per heavy atom. The third kappa shape index (κ3) is 5.19. The summed E-state index contributed by atoms with van der Waals surface area (Å²) >= 11 is 0. The molecule has 17 heavy (non-hydrogen) atoms. The summed E-state index contributed by atoms with van der Waals surface area (Å²) in [6.07, 6.45) is 1.87. The van der Waals surface area contributed by atoms with Crippen LogP contribution in [0.3, 0.4) is 0 Å². The molecule has 1 aromatic carbocycles. The highest BCUT2D eigenvalue weighted by Gasteiger charge is 2.16. The van der Waals surface area contributed by atoms with E-state index in [-0.39, 0.29) is 6.10 Å². The number of para-hydroxylation sites is 1. The van der Waals surface area contributed by atoms with Gasteiger partial charge in [-0.2, -0.15) is 0 Å². The van der Waals surface area contributed by atoms with E-state index in [1.54, 1.807) is 6.08 Å². The second kappa shape index (κ2) is 6.03. The molecule has 1 rings (SSSR count). The zero-order valence-electron chi connectivity index (χ0n) is 11.2. The summed E-state index contributed by atoms with van der Waals surface area (Å²) in [4.78, 5) is 0. The number of rotatable bonds is 6. The highest BCUT2D eigenvalue weighted by molar-refractivity contribution is 6.69. The lowest BCUT2D eigenvalue weighted by atomic mass is 10.2. The Labute approximate surface area is 105 Å². The monoisotopic (exact) mass is 250 g/mol. The maximum Gasteiger partial charge on any atom is 0.183 e. The van der Waals surface area contributed by atoms with Crippen LogP contribution in [-0.4, -0.2) is 21.0 Å². The zero-order chi connectivity index (χ0) is 12.9. The van der Waals surface area contributed by atoms with Crippen LogP contribution in [-0.2, 0) is 4.43 Å². The Morgan fingerprint density at radius 2 is 1.94 bits per heavy atom. The first-order chi connectivity index (χ1) is 7.92.